The van der Waals surface area contributed by atoms with E-state index in [-0.39, 0.29) is 23.6 Å². The van der Waals surface area contributed by atoms with Gasteiger partial charge in [-0.25, -0.2) is 9.78 Å². The molecule has 0 aliphatic heterocycles. The molecule has 0 atom stereocenters. The third-order valence-electron chi connectivity index (χ3n) is 3.10. The Morgan fingerprint density at radius 2 is 2.00 bits per heavy atom. The Kier molecular flexibility index (Phi) is 3.73. The minimum atomic E-state index is -0.455. The quantitative estimate of drug-likeness (QED) is 0.774. The lowest BCUT2D eigenvalue weighted by Gasteiger charge is -2.07. The average Bonchev–Trinajstić information content (AvgIpc) is 2.84. The van der Waals surface area contributed by atoms with Gasteiger partial charge in [0, 0.05) is 20.6 Å². The highest BCUT2D eigenvalue weighted by molar-refractivity contribution is 5.78. The molecule has 0 fully saturated rings. The highest BCUT2D eigenvalue weighted by Crippen LogP contribution is 2.04. The van der Waals surface area contributed by atoms with Crippen LogP contribution in [0.25, 0.3) is 11.2 Å². The molecular weight excluding hydrogens is 262 g/mol. The summed E-state index contributed by atoms with van der Waals surface area (Å²) < 4.78 is 3.75. The van der Waals surface area contributed by atoms with E-state index in [1.807, 2.05) is 6.92 Å². The summed E-state index contributed by atoms with van der Waals surface area (Å²) in [6.45, 7) is 2.55. The first-order valence-corrected chi connectivity index (χ1v) is 6.35. The van der Waals surface area contributed by atoms with E-state index in [0.29, 0.717) is 6.54 Å². The normalized spacial score (nSPS) is 10.9. The van der Waals surface area contributed by atoms with Crippen LogP contribution in [0.15, 0.2) is 15.9 Å². The predicted octanol–water partition coefficient (Wildman–Crippen LogP) is -1.04. The third-order valence-corrected chi connectivity index (χ3v) is 3.10. The van der Waals surface area contributed by atoms with Gasteiger partial charge >= 0.3 is 5.69 Å². The monoisotopic (exact) mass is 279 g/mol. The van der Waals surface area contributed by atoms with Gasteiger partial charge in [-0.3, -0.25) is 18.7 Å². The van der Waals surface area contributed by atoms with Crippen molar-refractivity contribution in [2.45, 2.75) is 19.9 Å². The van der Waals surface area contributed by atoms with Gasteiger partial charge in [-0.15, -0.1) is 0 Å². The summed E-state index contributed by atoms with van der Waals surface area (Å²) in [7, 11) is 2.94. The van der Waals surface area contributed by atoms with E-state index < -0.39 is 11.2 Å². The first-order valence-electron chi connectivity index (χ1n) is 6.35. The SMILES string of the molecule is CCCNC(=O)Cn1cnc2c1c(=O)n(C)c(=O)n2C. The molecule has 1 N–H and O–H groups in total. The predicted molar refractivity (Wildman–Crippen MR) is 73.5 cm³/mol. The molecule has 108 valence electrons. The average molecular weight is 279 g/mol. The number of nitrogens with zero attached hydrogens (tertiary/aromatic N) is 4. The van der Waals surface area contributed by atoms with Crippen LogP contribution in [0.2, 0.25) is 0 Å². The molecule has 0 aromatic carbocycles. The van der Waals surface area contributed by atoms with Crippen LogP contribution in [-0.2, 0) is 25.4 Å². The van der Waals surface area contributed by atoms with E-state index in [4.69, 9.17) is 0 Å². The summed E-state index contributed by atoms with van der Waals surface area (Å²) in [5.74, 6) is -0.193. The van der Waals surface area contributed by atoms with Crippen molar-refractivity contribution in [1.82, 2.24) is 24.0 Å². The van der Waals surface area contributed by atoms with Crippen molar-refractivity contribution < 1.29 is 4.79 Å². The number of aryl methyl sites for hydroxylation is 1. The second kappa shape index (κ2) is 5.32. The lowest BCUT2D eigenvalue weighted by Crippen LogP contribution is -2.38. The van der Waals surface area contributed by atoms with Crippen LogP contribution in [0.3, 0.4) is 0 Å². The zero-order valence-corrected chi connectivity index (χ0v) is 11.7. The number of rotatable bonds is 4. The minimum Gasteiger partial charge on any atom is -0.355 e. The molecule has 1 amide bonds. The molecule has 0 saturated heterocycles. The van der Waals surface area contributed by atoms with Crippen LogP contribution in [0, 0.1) is 0 Å². The lowest BCUT2D eigenvalue weighted by molar-refractivity contribution is -0.121. The molecule has 0 spiro atoms. The van der Waals surface area contributed by atoms with Crippen molar-refractivity contribution in [2.24, 2.45) is 14.1 Å². The molecule has 0 unspecified atom stereocenters. The number of carbonyl (C=O) groups is 1. The number of carbonyl (C=O) groups excluding carboxylic acids is 1. The van der Waals surface area contributed by atoms with E-state index in [9.17, 15) is 14.4 Å². The first kappa shape index (κ1) is 14.0. The van der Waals surface area contributed by atoms with E-state index in [1.54, 1.807) is 7.05 Å². The van der Waals surface area contributed by atoms with Crippen LogP contribution in [0.1, 0.15) is 13.3 Å². The topological polar surface area (TPSA) is 90.9 Å². The third kappa shape index (κ3) is 2.24. The standard InChI is InChI=1S/C12H17N5O3/c1-4-5-13-8(18)6-17-7-14-10-9(17)11(19)16(3)12(20)15(10)2/h7H,4-6H2,1-3H3,(H,13,18). The summed E-state index contributed by atoms with van der Waals surface area (Å²) in [5, 5.41) is 2.73. The lowest BCUT2D eigenvalue weighted by atomic mass is 10.4. The maximum atomic E-state index is 12.1. The molecule has 8 nitrogen and oxygen atoms in total. The molecule has 0 saturated carbocycles. The largest absolute Gasteiger partial charge is 0.355 e. The molecule has 20 heavy (non-hydrogen) atoms. The zero-order valence-electron chi connectivity index (χ0n) is 11.7. The number of amides is 1. The van der Waals surface area contributed by atoms with Gasteiger partial charge < -0.3 is 9.88 Å². The van der Waals surface area contributed by atoms with Crippen LogP contribution in [0.4, 0.5) is 0 Å². The number of imidazole rings is 1. The highest BCUT2D eigenvalue weighted by Gasteiger charge is 2.15. The molecule has 2 aromatic heterocycles. The molecular formula is C12H17N5O3. The fourth-order valence-electron chi connectivity index (χ4n) is 1.99. The van der Waals surface area contributed by atoms with Gasteiger partial charge in [-0.2, -0.15) is 0 Å². The van der Waals surface area contributed by atoms with E-state index in [0.717, 1.165) is 11.0 Å². The second-order valence-corrected chi connectivity index (χ2v) is 4.60. The Morgan fingerprint density at radius 3 is 2.65 bits per heavy atom. The summed E-state index contributed by atoms with van der Waals surface area (Å²) >= 11 is 0. The van der Waals surface area contributed by atoms with E-state index in [1.165, 1.54) is 22.5 Å². The Balaban J connectivity index is 2.50. The van der Waals surface area contributed by atoms with Crippen molar-refractivity contribution in [3.8, 4) is 0 Å². The molecule has 0 aliphatic rings. The van der Waals surface area contributed by atoms with Crippen LogP contribution in [0.5, 0.6) is 0 Å². The summed E-state index contributed by atoms with van der Waals surface area (Å²) in [6.07, 6.45) is 2.24. The molecule has 2 heterocycles. The number of hydrogen-bond acceptors (Lipinski definition) is 4. The molecule has 0 radical (unpaired) electrons. The van der Waals surface area contributed by atoms with Gasteiger partial charge in [-0.05, 0) is 6.42 Å². The first-order chi connectivity index (χ1) is 9.47. The Bertz CT molecular complexity index is 768. The minimum absolute atomic E-state index is 0.00391. The smallest absolute Gasteiger partial charge is 0.332 e. The van der Waals surface area contributed by atoms with Crippen molar-refractivity contribution in [3.05, 3.63) is 27.2 Å². The zero-order chi connectivity index (χ0) is 14.9. The van der Waals surface area contributed by atoms with Gasteiger partial charge in [0.2, 0.25) is 5.91 Å². The van der Waals surface area contributed by atoms with Crippen molar-refractivity contribution in [2.75, 3.05) is 6.54 Å². The Labute approximate surface area is 114 Å². The Hall–Kier alpha value is -2.38. The van der Waals surface area contributed by atoms with Crippen LogP contribution in [-0.4, -0.2) is 31.1 Å². The molecule has 0 aliphatic carbocycles. The highest BCUT2D eigenvalue weighted by atomic mass is 16.2. The van der Waals surface area contributed by atoms with Gasteiger partial charge in [0.15, 0.2) is 11.2 Å². The number of nitrogens with one attached hydrogen (secondary N) is 1. The fourth-order valence-corrected chi connectivity index (χ4v) is 1.99. The van der Waals surface area contributed by atoms with Gasteiger partial charge in [0.05, 0.1) is 6.33 Å². The van der Waals surface area contributed by atoms with Gasteiger partial charge in [0.25, 0.3) is 5.56 Å². The van der Waals surface area contributed by atoms with Crippen molar-refractivity contribution in [3.63, 3.8) is 0 Å². The van der Waals surface area contributed by atoms with E-state index >= 15 is 0 Å². The van der Waals surface area contributed by atoms with Gasteiger partial charge in [-0.1, -0.05) is 6.92 Å². The van der Waals surface area contributed by atoms with Gasteiger partial charge in [0.1, 0.15) is 6.54 Å². The second-order valence-electron chi connectivity index (χ2n) is 4.60. The van der Waals surface area contributed by atoms with Crippen LogP contribution >= 0.6 is 0 Å². The summed E-state index contributed by atoms with van der Waals surface area (Å²) in [5.41, 5.74) is -0.366. The molecule has 8 heteroatoms. The summed E-state index contributed by atoms with van der Waals surface area (Å²) in [6, 6.07) is 0. The maximum absolute atomic E-state index is 12.1. The number of hydrogen-bond donors (Lipinski definition) is 1. The molecule has 0 bridgehead atoms. The number of fused-ring (bicyclic) bond motifs is 1. The van der Waals surface area contributed by atoms with Crippen molar-refractivity contribution in [1.29, 1.82) is 0 Å². The summed E-state index contributed by atoms with van der Waals surface area (Å²) in [4.78, 5) is 39.7. The molecule has 2 aromatic rings. The maximum Gasteiger partial charge on any atom is 0.332 e. The molecule has 2 rings (SSSR count). The fraction of sp³-hybridized carbons (Fsp3) is 0.500. The number of aromatic nitrogens is 4. The Morgan fingerprint density at radius 1 is 1.30 bits per heavy atom. The van der Waals surface area contributed by atoms with E-state index in [2.05, 4.69) is 10.3 Å². The van der Waals surface area contributed by atoms with Crippen molar-refractivity contribution >= 4 is 17.1 Å². The van der Waals surface area contributed by atoms with Crippen LogP contribution < -0.4 is 16.6 Å².